The SMILES string of the molecule is COc1ccc(-c2nc(CC(=O)OC/C=C\c3ccccc3)cs2)cc1OC. The Bertz CT molecular complexity index is 950. The van der Waals surface area contributed by atoms with E-state index in [2.05, 4.69) is 4.98 Å². The maximum Gasteiger partial charge on any atom is 0.312 e. The summed E-state index contributed by atoms with van der Waals surface area (Å²) in [5.41, 5.74) is 2.66. The van der Waals surface area contributed by atoms with E-state index in [0.29, 0.717) is 17.2 Å². The van der Waals surface area contributed by atoms with Crippen molar-refractivity contribution >= 4 is 23.4 Å². The van der Waals surface area contributed by atoms with E-state index in [1.54, 1.807) is 14.2 Å². The van der Waals surface area contributed by atoms with Crippen molar-refractivity contribution in [3.05, 3.63) is 71.2 Å². The van der Waals surface area contributed by atoms with Crippen LogP contribution >= 0.6 is 11.3 Å². The number of aromatic nitrogens is 1. The molecule has 0 fully saturated rings. The molecular formula is C22H21NO4S. The molecule has 28 heavy (non-hydrogen) atoms. The fraction of sp³-hybridized carbons (Fsp3) is 0.182. The molecule has 0 N–H and O–H groups in total. The molecule has 0 atom stereocenters. The molecule has 0 spiro atoms. The summed E-state index contributed by atoms with van der Waals surface area (Å²) in [4.78, 5) is 16.6. The van der Waals surface area contributed by atoms with Crippen molar-refractivity contribution in [2.24, 2.45) is 0 Å². The van der Waals surface area contributed by atoms with Gasteiger partial charge in [-0.05, 0) is 29.8 Å². The van der Waals surface area contributed by atoms with Crippen LogP contribution in [0.1, 0.15) is 11.3 Å². The van der Waals surface area contributed by atoms with Crippen molar-refractivity contribution in [1.82, 2.24) is 4.98 Å². The fourth-order valence-electron chi connectivity index (χ4n) is 2.58. The van der Waals surface area contributed by atoms with Gasteiger partial charge in [0.1, 0.15) is 11.6 Å². The van der Waals surface area contributed by atoms with Crippen LogP contribution in [0.15, 0.2) is 60.0 Å². The van der Waals surface area contributed by atoms with Crippen LogP contribution in [-0.4, -0.2) is 31.8 Å². The summed E-state index contributed by atoms with van der Waals surface area (Å²) >= 11 is 1.47. The number of carbonyl (C=O) groups is 1. The van der Waals surface area contributed by atoms with E-state index in [1.807, 2.05) is 66.1 Å². The predicted octanol–water partition coefficient (Wildman–Crippen LogP) is 4.63. The Labute approximate surface area is 168 Å². The first kappa shape index (κ1) is 19.6. The van der Waals surface area contributed by atoms with Gasteiger partial charge >= 0.3 is 5.97 Å². The Morgan fingerprint density at radius 1 is 1.07 bits per heavy atom. The van der Waals surface area contributed by atoms with E-state index in [1.165, 1.54) is 11.3 Å². The molecule has 2 aromatic carbocycles. The van der Waals surface area contributed by atoms with Crippen LogP contribution < -0.4 is 9.47 Å². The molecule has 0 aliphatic heterocycles. The summed E-state index contributed by atoms with van der Waals surface area (Å²) in [7, 11) is 3.19. The van der Waals surface area contributed by atoms with Crippen LogP contribution in [0.25, 0.3) is 16.6 Å². The van der Waals surface area contributed by atoms with Gasteiger partial charge in [0.25, 0.3) is 0 Å². The number of carbonyl (C=O) groups excluding carboxylic acids is 1. The van der Waals surface area contributed by atoms with Gasteiger partial charge in [0, 0.05) is 10.9 Å². The summed E-state index contributed by atoms with van der Waals surface area (Å²) in [5, 5.41) is 2.68. The summed E-state index contributed by atoms with van der Waals surface area (Å²) in [6.07, 6.45) is 3.89. The first-order chi connectivity index (χ1) is 13.7. The largest absolute Gasteiger partial charge is 0.493 e. The summed E-state index contributed by atoms with van der Waals surface area (Å²) in [6.45, 7) is 0.237. The highest BCUT2D eigenvalue weighted by molar-refractivity contribution is 7.13. The lowest BCUT2D eigenvalue weighted by molar-refractivity contribution is -0.141. The monoisotopic (exact) mass is 395 g/mol. The third-order valence-corrected chi connectivity index (χ3v) is 4.90. The summed E-state index contributed by atoms with van der Waals surface area (Å²) < 4.78 is 15.8. The minimum Gasteiger partial charge on any atom is -0.493 e. The van der Waals surface area contributed by atoms with Gasteiger partial charge < -0.3 is 14.2 Å². The average Bonchev–Trinajstić information content (AvgIpc) is 3.19. The van der Waals surface area contributed by atoms with E-state index in [9.17, 15) is 4.79 Å². The van der Waals surface area contributed by atoms with Gasteiger partial charge in [0.2, 0.25) is 0 Å². The second-order valence-electron chi connectivity index (χ2n) is 5.89. The van der Waals surface area contributed by atoms with Crippen molar-refractivity contribution in [3.63, 3.8) is 0 Å². The third-order valence-electron chi connectivity index (χ3n) is 3.96. The van der Waals surface area contributed by atoms with Gasteiger partial charge in [-0.2, -0.15) is 0 Å². The van der Waals surface area contributed by atoms with Crippen LogP contribution in [0.3, 0.4) is 0 Å². The number of thiazole rings is 1. The Balaban J connectivity index is 1.55. The molecule has 0 aliphatic rings. The first-order valence-corrected chi connectivity index (χ1v) is 9.61. The molecule has 6 heteroatoms. The number of benzene rings is 2. The number of methoxy groups -OCH3 is 2. The molecule has 1 aromatic heterocycles. The topological polar surface area (TPSA) is 57.7 Å². The highest BCUT2D eigenvalue weighted by Gasteiger charge is 2.12. The van der Waals surface area contributed by atoms with Crippen LogP contribution in [-0.2, 0) is 16.0 Å². The Hall–Kier alpha value is -3.12. The molecule has 0 unspecified atom stereocenters. The van der Waals surface area contributed by atoms with E-state index in [4.69, 9.17) is 14.2 Å². The number of hydrogen-bond acceptors (Lipinski definition) is 6. The fourth-order valence-corrected chi connectivity index (χ4v) is 3.40. The maximum atomic E-state index is 12.0. The molecule has 0 aliphatic carbocycles. The average molecular weight is 395 g/mol. The zero-order valence-electron chi connectivity index (χ0n) is 15.8. The first-order valence-electron chi connectivity index (χ1n) is 8.73. The summed E-state index contributed by atoms with van der Waals surface area (Å²) in [6, 6.07) is 15.5. The van der Waals surface area contributed by atoms with Crippen LogP contribution in [0.5, 0.6) is 11.5 Å². The van der Waals surface area contributed by atoms with Crippen molar-refractivity contribution in [2.75, 3.05) is 20.8 Å². The summed E-state index contributed by atoms with van der Waals surface area (Å²) in [5.74, 6) is 0.999. The standard InChI is InChI=1S/C22H21NO4S/c1-25-19-11-10-17(13-20(19)26-2)22-23-18(15-28-22)14-21(24)27-12-6-9-16-7-4-3-5-8-16/h3-11,13,15H,12,14H2,1-2H3/b9-6-. The van der Waals surface area contributed by atoms with Crippen molar-refractivity contribution < 1.29 is 19.0 Å². The highest BCUT2D eigenvalue weighted by atomic mass is 32.1. The smallest absolute Gasteiger partial charge is 0.312 e. The lowest BCUT2D eigenvalue weighted by Crippen LogP contribution is -2.08. The lowest BCUT2D eigenvalue weighted by atomic mass is 10.2. The number of ether oxygens (including phenoxy) is 3. The Morgan fingerprint density at radius 2 is 1.86 bits per heavy atom. The zero-order valence-corrected chi connectivity index (χ0v) is 16.6. The van der Waals surface area contributed by atoms with Crippen LogP contribution in [0, 0.1) is 0 Å². The van der Waals surface area contributed by atoms with Gasteiger partial charge in [0.15, 0.2) is 11.5 Å². The normalized spacial score (nSPS) is 10.8. The van der Waals surface area contributed by atoms with Gasteiger partial charge in [-0.25, -0.2) is 4.98 Å². The Kier molecular flexibility index (Phi) is 6.81. The number of rotatable bonds is 8. The third kappa shape index (κ3) is 5.20. The van der Waals surface area contributed by atoms with Gasteiger partial charge in [-0.15, -0.1) is 11.3 Å². The van der Waals surface area contributed by atoms with Crippen LogP contribution in [0.2, 0.25) is 0 Å². The van der Waals surface area contributed by atoms with Crippen molar-refractivity contribution in [3.8, 4) is 22.1 Å². The molecule has 5 nitrogen and oxygen atoms in total. The number of nitrogens with zero attached hydrogens (tertiary/aromatic N) is 1. The minimum absolute atomic E-state index is 0.142. The number of esters is 1. The zero-order chi connectivity index (χ0) is 19.8. The van der Waals surface area contributed by atoms with E-state index in [-0.39, 0.29) is 19.0 Å². The molecule has 3 aromatic rings. The molecule has 144 valence electrons. The van der Waals surface area contributed by atoms with E-state index in [0.717, 1.165) is 16.1 Å². The van der Waals surface area contributed by atoms with E-state index < -0.39 is 0 Å². The second-order valence-corrected chi connectivity index (χ2v) is 6.74. The minimum atomic E-state index is -0.304. The molecule has 1 heterocycles. The lowest BCUT2D eigenvalue weighted by Gasteiger charge is -2.08. The molecule has 3 rings (SSSR count). The molecule has 0 saturated heterocycles. The second kappa shape index (κ2) is 9.71. The molecular weight excluding hydrogens is 374 g/mol. The maximum absolute atomic E-state index is 12.0. The quantitative estimate of drug-likeness (QED) is 0.521. The molecule has 0 saturated carbocycles. The highest BCUT2D eigenvalue weighted by Crippen LogP contribution is 2.33. The number of hydrogen-bond donors (Lipinski definition) is 0. The molecule has 0 amide bonds. The van der Waals surface area contributed by atoms with Gasteiger partial charge in [-0.3, -0.25) is 4.79 Å². The van der Waals surface area contributed by atoms with Gasteiger partial charge in [-0.1, -0.05) is 36.4 Å². The molecule has 0 radical (unpaired) electrons. The predicted molar refractivity (Wildman–Crippen MR) is 111 cm³/mol. The van der Waals surface area contributed by atoms with Crippen molar-refractivity contribution in [2.45, 2.75) is 6.42 Å². The Morgan fingerprint density at radius 3 is 2.61 bits per heavy atom. The van der Waals surface area contributed by atoms with Crippen molar-refractivity contribution in [1.29, 1.82) is 0 Å². The van der Waals surface area contributed by atoms with Crippen LogP contribution in [0.4, 0.5) is 0 Å². The van der Waals surface area contributed by atoms with E-state index >= 15 is 0 Å². The molecule has 0 bridgehead atoms. The van der Waals surface area contributed by atoms with Gasteiger partial charge in [0.05, 0.1) is 26.3 Å².